The second-order valence-corrected chi connectivity index (χ2v) is 6.91. The van der Waals surface area contributed by atoms with Crippen molar-refractivity contribution in [2.45, 2.75) is 52.5 Å². The lowest BCUT2D eigenvalue weighted by molar-refractivity contribution is 0.0607. The summed E-state index contributed by atoms with van der Waals surface area (Å²) in [7, 11) is 0. The lowest BCUT2D eigenvalue weighted by atomic mass is 9.99. The molecule has 4 nitrogen and oxygen atoms in total. The lowest BCUT2D eigenvalue weighted by Crippen LogP contribution is -2.43. The third-order valence-electron chi connectivity index (χ3n) is 5.09. The summed E-state index contributed by atoms with van der Waals surface area (Å²) in [4.78, 5) is 19.3. The van der Waals surface area contributed by atoms with Crippen LogP contribution in [0.2, 0.25) is 0 Å². The number of carbonyl (C=O) groups is 1. The molecule has 1 atom stereocenters. The van der Waals surface area contributed by atoms with Gasteiger partial charge in [0.1, 0.15) is 0 Å². The molecule has 4 heteroatoms. The van der Waals surface area contributed by atoms with Gasteiger partial charge in [0.05, 0.1) is 17.4 Å². The smallest absolute Gasteiger partial charge is 0.255 e. The van der Waals surface area contributed by atoms with Gasteiger partial charge < -0.3 is 10.2 Å². The average Bonchev–Trinajstić information content (AvgIpc) is 2.64. The molecule has 1 fully saturated rings. The first-order valence-corrected chi connectivity index (χ1v) is 9.19. The molecular weight excluding hydrogens is 310 g/mol. The maximum Gasteiger partial charge on any atom is 0.255 e. The van der Waals surface area contributed by atoms with Gasteiger partial charge in [-0.05, 0) is 56.7 Å². The van der Waals surface area contributed by atoms with E-state index >= 15 is 0 Å². The number of hydrogen-bond donors (Lipinski definition) is 1. The van der Waals surface area contributed by atoms with Gasteiger partial charge in [0.25, 0.3) is 5.91 Å². The van der Waals surface area contributed by atoms with Crippen molar-refractivity contribution in [1.29, 1.82) is 0 Å². The first-order chi connectivity index (χ1) is 12.1. The van der Waals surface area contributed by atoms with E-state index in [2.05, 4.69) is 49.3 Å². The number of nitrogens with one attached hydrogen (secondary N) is 1. The van der Waals surface area contributed by atoms with Gasteiger partial charge in [-0.25, -0.2) is 0 Å². The fourth-order valence-corrected chi connectivity index (χ4v) is 3.64. The molecule has 132 valence electrons. The summed E-state index contributed by atoms with van der Waals surface area (Å²) < 4.78 is 0. The third kappa shape index (κ3) is 3.84. The minimum absolute atomic E-state index is 0.101. The molecule has 3 rings (SSSR count). The Labute approximate surface area is 150 Å². The minimum Gasteiger partial charge on any atom is -0.354 e. The topological polar surface area (TPSA) is 45.2 Å². The van der Waals surface area contributed by atoms with Crippen LogP contribution in [-0.4, -0.2) is 28.4 Å². The van der Waals surface area contributed by atoms with Crippen LogP contribution in [0.1, 0.15) is 54.1 Å². The van der Waals surface area contributed by atoms with Gasteiger partial charge in [-0.2, -0.15) is 0 Å². The van der Waals surface area contributed by atoms with E-state index in [0.29, 0.717) is 11.6 Å². The maximum atomic E-state index is 13.0. The van der Waals surface area contributed by atoms with E-state index in [1.807, 2.05) is 11.0 Å². The standard InChI is InChI=1S/C21H27N3O/c1-4-19-10-5-6-11-24(19)21(25)17-12-18(14-22-13-17)23-20-15(2)8-7-9-16(20)3/h7-9,12-14,19,23H,4-6,10-11H2,1-3H3. The van der Waals surface area contributed by atoms with Gasteiger partial charge in [0.2, 0.25) is 0 Å². The van der Waals surface area contributed by atoms with Crippen molar-refractivity contribution in [2.24, 2.45) is 0 Å². The molecule has 1 aliphatic rings. The van der Waals surface area contributed by atoms with Crippen LogP contribution in [0.25, 0.3) is 0 Å². The number of likely N-dealkylation sites (tertiary alicyclic amines) is 1. The highest BCUT2D eigenvalue weighted by molar-refractivity contribution is 5.95. The number of aryl methyl sites for hydroxylation is 2. The van der Waals surface area contributed by atoms with Crippen LogP contribution >= 0.6 is 0 Å². The van der Waals surface area contributed by atoms with Crippen molar-refractivity contribution < 1.29 is 4.79 Å². The fourth-order valence-electron chi connectivity index (χ4n) is 3.64. The Morgan fingerprint density at radius 2 is 2.00 bits per heavy atom. The van der Waals surface area contributed by atoms with Crippen LogP contribution in [0.15, 0.2) is 36.7 Å². The second kappa shape index (κ2) is 7.68. The molecule has 0 saturated carbocycles. The number of pyridine rings is 1. The Morgan fingerprint density at radius 1 is 1.24 bits per heavy atom. The van der Waals surface area contributed by atoms with Crippen LogP contribution in [0, 0.1) is 13.8 Å². The third-order valence-corrected chi connectivity index (χ3v) is 5.09. The molecule has 0 radical (unpaired) electrons. The van der Waals surface area contributed by atoms with Gasteiger partial charge in [-0.1, -0.05) is 25.1 Å². The first kappa shape index (κ1) is 17.5. The number of aromatic nitrogens is 1. The summed E-state index contributed by atoms with van der Waals surface area (Å²) in [6.07, 6.45) is 7.88. The molecule has 0 aliphatic carbocycles. The van der Waals surface area contributed by atoms with Gasteiger partial charge in [-0.15, -0.1) is 0 Å². The Bertz CT molecular complexity index is 736. The number of anilines is 2. The van der Waals surface area contributed by atoms with Crippen molar-refractivity contribution in [1.82, 2.24) is 9.88 Å². The summed E-state index contributed by atoms with van der Waals surface area (Å²) in [6, 6.07) is 8.49. The monoisotopic (exact) mass is 337 g/mol. The van der Waals surface area contributed by atoms with E-state index < -0.39 is 0 Å². The molecule has 1 amide bonds. The highest BCUT2D eigenvalue weighted by Gasteiger charge is 2.26. The Morgan fingerprint density at radius 3 is 2.72 bits per heavy atom. The fraction of sp³-hybridized carbons (Fsp3) is 0.429. The van der Waals surface area contributed by atoms with E-state index in [-0.39, 0.29) is 5.91 Å². The van der Waals surface area contributed by atoms with Crippen LogP contribution in [0.5, 0.6) is 0 Å². The summed E-state index contributed by atoms with van der Waals surface area (Å²) in [5, 5.41) is 3.43. The number of hydrogen-bond acceptors (Lipinski definition) is 3. The Kier molecular flexibility index (Phi) is 5.37. The van der Waals surface area contributed by atoms with E-state index in [0.717, 1.165) is 37.2 Å². The van der Waals surface area contributed by atoms with E-state index in [9.17, 15) is 4.79 Å². The van der Waals surface area contributed by atoms with Crippen molar-refractivity contribution in [2.75, 3.05) is 11.9 Å². The predicted octanol–water partition coefficient (Wildman–Crippen LogP) is 4.85. The van der Waals surface area contributed by atoms with Crippen molar-refractivity contribution in [3.8, 4) is 0 Å². The van der Waals surface area contributed by atoms with E-state index in [4.69, 9.17) is 0 Å². The van der Waals surface area contributed by atoms with Crippen LogP contribution in [0.4, 0.5) is 11.4 Å². The summed E-state index contributed by atoms with van der Waals surface area (Å²) >= 11 is 0. The molecule has 1 aliphatic heterocycles. The van der Waals surface area contributed by atoms with Crippen LogP contribution in [-0.2, 0) is 0 Å². The molecular formula is C21H27N3O. The molecule has 1 N–H and O–H groups in total. The summed E-state index contributed by atoms with van der Waals surface area (Å²) in [5.41, 5.74) is 4.96. The molecule has 25 heavy (non-hydrogen) atoms. The van der Waals surface area contributed by atoms with Crippen molar-refractivity contribution in [3.63, 3.8) is 0 Å². The zero-order valence-electron chi connectivity index (χ0n) is 15.4. The molecule has 0 spiro atoms. The quantitative estimate of drug-likeness (QED) is 0.867. The van der Waals surface area contributed by atoms with Crippen LogP contribution < -0.4 is 5.32 Å². The molecule has 1 aromatic heterocycles. The van der Waals surface area contributed by atoms with Crippen molar-refractivity contribution >= 4 is 17.3 Å². The Hall–Kier alpha value is -2.36. The number of para-hydroxylation sites is 1. The van der Waals surface area contributed by atoms with E-state index in [1.165, 1.54) is 17.5 Å². The summed E-state index contributed by atoms with van der Waals surface area (Å²) in [6.45, 7) is 7.17. The highest BCUT2D eigenvalue weighted by Crippen LogP contribution is 2.26. The maximum absolute atomic E-state index is 13.0. The number of carbonyl (C=O) groups excluding carboxylic acids is 1. The molecule has 1 unspecified atom stereocenters. The number of benzene rings is 1. The zero-order valence-corrected chi connectivity index (χ0v) is 15.4. The predicted molar refractivity (Wildman–Crippen MR) is 102 cm³/mol. The van der Waals surface area contributed by atoms with Gasteiger partial charge in [0, 0.05) is 24.5 Å². The second-order valence-electron chi connectivity index (χ2n) is 6.91. The van der Waals surface area contributed by atoms with Crippen molar-refractivity contribution in [3.05, 3.63) is 53.3 Å². The number of nitrogens with zero attached hydrogens (tertiary/aromatic N) is 2. The highest BCUT2D eigenvalue weighted by atomic mass is 16.2. The van der Waals surface area contributed by atoms with Crippen LogP contribution in [0.3, 0.4) is 0 Å². The van der Waals surface area contributed by atoms with Gasteiger partial charge in [-0.3, -0.25) is 9.78 Å². The summed E-state index contributed by atoms with van der Waals surface area (Å²) in [5.74, 6) is 0.101. The largest absolute Gasteiger partial charge is 0.354 e. The molecule has 0 bridgehead atoms. The minimum atomic E-state index is 0.101. The lowest BCUT2D eigenvalue weighted by Gasteiger charge is -2.35. The molecule has 1 aromatic carbocycles. The average molecular weight is 337 g/mol. The molecule has 2 heterocycles. The zero-order chi connectivity index (χ0) is 17.8. The SMILES string of the molecule is CCC1CCCCN1C(=O)c1cncc(Nc2c(C)cccc2C)c1. The Balaban J connectivity index is 1.82. The molecule has 1 saturated heterocycles. The normalized spacial score (nSPS) is 17.4. The first-order valence-electron chi connectivity index (χ1n) is 9.19. The number of amides is 1. The number of piperidine rings is 1. The van der Waals surface area contributed by atoms with Gasteiger partial charge >= 0.3 is 0 Å². The van der Waals surface area contributed by atoms with E-state index in [1.54, 1.807) is 12.4 Å². The van der Waals surface area contributed by atoms with Gasteiger partial charge in [0.15, 0.2) is 0 Å². The molecule has 2 aromatic rings. The number of rotatable bonds is 4.